The molecule has 4 nitrogen and oxygen atoms in total. The van der Waals surface area contributed by atoms with Gasteiger partial charge < -0.3 is 5.32 Å². The summed E-state index contributed by atoms with van der Waals surface area (Å²) < 4.78 is 0. The van der Waals surface area contributed by atoms with Crippen molar-refractivity contribution in [2.24, 2.45) is 0 Å². The van der Waals surface area contributed by atoms with Gasteiger partial charge in [-0.2, -0.15) is 0 Å². The fraction of sp³-hybridized carbons (Fsp3) is 0.688. The number of hydrogen-bond donors (Lipinski definition) is 1. The van der Waals surface area contributed by atoms with Crippen LogP contribution in [-0.2, 0) is 13.1 Å². The van der Waals surface area contributed by atoms with Gasteiger partial charge in [0.15, 0.2) is 0 Å². The molecule has 112 valence electrons. The van der Waals surface area contributed by atoms with Crippen molar-refractivity contribution >= 4 is 0 Å². The van der Waals surface area contributed by atoms with E-state index in [0.717, 1.165) is 32.2 Å². The second-order valence-corrected chi connectivity index (χ2v) is 5.59. The highest BCUT2D eigenvalue weighted by Gasteiger charge is 2.26. The number of aromatic nitrogens is 1. The maximum atomic E-state index is 4.58. The molecule has 0 saturated carbocycles. The summed E-state index contributed by atoms with van der Waals surface area (Å²) in [7, 11) is 1.96. The molecule has 1 aliphatic heterocycles. The number of likely N-dealkylation sites (N-methyl/N-ethyl adjacent to an activating group) is 1. The van der Waals surface area contributed by atoms with Crippen LogP contribution in [0.25, 0.3) is 0 Å². The van der Waals surface area contributed by atoms with E-state index in [4.69, 9.17) is 0 Å². The predicted molar refractivity (Wildman–Crippen MR) is 83.6 cm³/mol. The van der Waals surface area contributed by atoms with E-state index in [-0.39, 0.29) is 0 Å². The first kappa shape index (κ1) is 15.4. The third-order valence-electron chi connectivity index (χ3n) is 4.23. The van der Waals surface area contributed by atoms with Crippen molar-refractivity contribution in [3.05, 3.63) is 29.6 Å². The monoisotopic (exact) mass is 276 g/mol. The summed E-state index contributed by atoms with van der Waals surface area (Å²) in [5.41, 5.74) is 2.43. The third kappa shape index (κ3) is 4.01. The molecule has 1 unspecified atom stereocenters. The van der Waals surface area contributed by atoms with Gasteiger partial charge >= 0.3 is 0 Å². The second-order valence-electron chi connectivity index (χ2n) is 5.59. The van der Waals surface area contributed by atoms with Crippen LogP contribution in [0.4, 0.5) is 0 Å². The molecular formula is C16H28N4. The topological polar surface area (TPSA) is 31.4 Å². The minimum atomic E-state index is 0.730. The van der Waals surface area contributed by atoms with Gasteiger partial charge in [-0.15, -0.1) is 0 Å². The van der Waals surface area contributed by atoms with Crippen molar-refractivity contribution in [2.75, 3.05) is 33.2 Å². The molecule has 1 atom stereocenters. The molecule has 0 radical (unpaired) electrons. The third-order valence-corrected chi connectivity index (χ3v) is 4.23. The quantitative estimate of drug-likeness (QED) is 0.821. The molecule has 1 N–H and O–H groups in total. The van der Waals surface area contributed by atoms with E-state index in [1.807, 2.05) is 13.2 Å². The van der Waals surface area contributed by atoms with E-state index in [0.29, 0.717) is 0 Å². The molecule has 0 aromatic carbocycles. The Hall–Kier alpha value is -0.970. The Morgan fingerprint density at radius 1 is 1.35 bits per heavy atom. The highest BCUT2D eigenvalue weighted by molar-refractivity contribution is 5.14. The van der Waals surface area contributed by atoms with Crippen LogP contribution in [0.2, 0.25) is 0 Å². The predicted octanol–water partition coefficient (Wildman–Crippen LogP) is 1.72. The van der Waals surface area contributed by atoms with Crippen LogP contribution in [0.3, 0.4) is 0 Å². The first-order valence-electron chi connectivity index (χ1n) is 7.81. The number of pyridine rings is 1. The second kappa shape index (κ2) is 7.72. The summed E-state index contributed by atoms with van der Waals surface area (Å²) in [4.78, 5) is 9.68. The Morgan fingerprint density at radius 3 is 2.75 bits per heavy atom. The molecule has 4 heteroatoms. The van der Waals surface area contributed by atoms with Crippen LogP contribution < -0.4 is 5.32 Å². The first-order chi connectivity index (χ1) is 9.76. The first-order valence-corrected chi connectivity index (χ1v) is 7.81. The van der Waals surface area contributed by atoms with Crippen molar-refractivity contribution in [1.29, 1.82) is 0 Å². The highest BCUT2D eigenvalue weighted by Crippen LogP contribution is 2.17. The van der Waals surface area contributed by atoms with Gasteiger partial charge in [-0.1, -0.05) is 19.9 Å². The average Bonchev–Trinajstić information content (AvgIpc) is 2.91. The minimum Gasteiger partial charge on any atom is -0.316 e. The summed E-state index contributed by atoms with van der Waals surface area (Å²) in [6.07, 6.45) is 3.28. The van der Waals surface area contributed by atoms with Gasteiger partial charge in [0, 0.05) is 38.4 Å². The molecule has 1 aromatic heterocycles. The van der Waals surface area contributed by atoms with Gasteiger partial charge in [0.1, 0.15) is 0 Å². The molecule has 0 spiro atoms. The maximum Gasteiger partial charge on any atom is 0.0544 e. The molecular weight excluding hydrogens is 248 g/mol. The van der Waals surface area contributed by atoms with E-state index in [1.54, 1.807) is 0 Å². The smallest absolute Gasteiger partial charge is 0.0544 e. The van der Waals surface area contributed by atoms with Gasteiger partial charge in [0.25, 0.3) is 0 Å². The normalized spacial score (nSPS) is 19.9. The molecule has 1 aliphatic rings. The van der Waals surface area contributed by atoms with Crippen molar-refractivity contribution in [3.63, 3.8) is 0 Å². The Labute approximate surface area is 123 Å². The molecule has 20 heavy (non-hydrogen) atoms. The lowest BCUT2D eigenvalue weighted by Gasteiger charge is -2.26. The van der Waals surface area contributed by atoms with Gasteiger partial charge in [-0.05, 0) is 38.2 Å². The van der Waals surface area contributed by atoms with Crippen molar-refractivity contribution < 1.29 is 0 Å². The number of hydrogen-bond acceptors (Lipinski definition) is 4. The Morgan fingerprint density at radius 2 is 2.15 bits per heavy atom. The minimum absolute atomic E-state index is 0.730. The van der Waals surface area contributed by atoms with Crippen LogP contribution in [0, 0.1) is 0 Å². The zero-order chi connectivity index (χ0) is 14.4. The van der Waals surface area contributed by atoms with Crippen LogP contribution in [0.1, 0.15) is 31.5 Å². The van der Waals surface area contributed by atoms with Crippen molar-refractivity contribution in [1.82, 2.24) is 20.1 Å². The number of rotatable bonds is 7. The Balaban J connectivity index is 1.85. The fourth-order valence-electron chi connectivity index (χ4n) is 3.08. The lowest BCUT2D eigenvalue weighted by molar-refractivity contribution is 0.208. The molecule has 1 aromatic rings. The van der Waals surface area contributed by atoms with E-state index in [9.17, 15) is 0 Å². The summed E-state index contributed by atoms with van der Waals surface area (Å²) in [5.74, 6) is 0. The lowest BCUT2D eigenvalue weighted by Crippen LogP contribution is -2.37. The number of nitrogens with one attached hydrogen (secondary N) is 1. The summed E-state index contributed by atoms with van der Waals surface area (Å²) in [5, 5.41) is 3.15. The molecule has 2 rings (SSSR count). The number of likely N-dealkylation sites (tertiary alicyclic amines) is 1. The van der Waals surface area contributed by atoms with Gasteiger partial charge in [-0.25, -0.2) is 0 Å². The molecule has 0 bridgehead atoms. The van der Waals surface area contributed by atoms with E-state index >= 15 is 0 Å². The van der Waals surface area contributed by atoms with Crippen molar-refractivity contribution in [2.45, 2.75) is 39.4 Å². The van der Waals surface area contributed by atoms with Crippen molar-refractivity contribution in [3.8, 4) is 0 Å². The molecule has 1 fully saturated rings. The van der Waals surface area contributed by atoms with Crippen LogP contribution >= 0.6 is 0 Å². The molecule has 0 amide bonds. The van der Waals surface area contributed by atoms with Gasteiger partial charge in [-0.3, -0.25) is 14.8 Å². The highest BCUT2D eigenvalue weighted by atomic mass is 15.2. The summed E-state index contributed by atoms with van der Waals surface area (Å²) >= 11 is 0. The average molecular weight is 276 g/mol. The Kier molecular flexibility index (Phi) is 5.95. The standard InChI is InChI=1S/C16H28N4/c1-4-20(5-2)16-8-9-19(13-16)12-15-7-6-14(10-17-3)11-18-15/h6-7,11,16-17H,4-5,8-10,12-13H2,1-3H3. The van der Waals surface area contributed by atoms with E-state index in [2.05, 4.69) is 46.1 Å². The number of nitrogens with zero attached hydrogens (tertiary/aromatic N) is 3. The van der Waals surface area contributed by atoms with Gasteiger partial charge in [0.05, 0.1) is 5.69 Å². The SMILES string of the molecule is CCN(CC)C1CCN(Cc2ccc(CNC)cn2)C1. The van der Waals surface area contributed by atoms with Crippen LogP contribution in [0.15, 0.2) is 18.3 Å². The van der Waals surface area contributed by atoms with E-state index < -0.39 is 0 Å². The molecule has 0 aliphatic carbocycles. The summed E-state index contributed by atoms with van der Waals surface area (Å²) in [6.45, 7) is 11.1. The lowest BCUT2D eigenvalue weighted by atomic mass is 10.2. The summed E-state index contributed by atoms with van der Waals surface area (Å²) in [6, 6.07) is 5.07. The largest absolute Gasteiger partial charge is 0.316 e. The zero-order valence-electron chi connectivity index (χ0n) is 13.1. The zero-order valence-corrected chi connectivity index (χ0v) is 13.1. The van der Waals surface area contributed by atoms with Crippen LogP contribution in [-0.4, -0.2) is 54.1 Å². The maximum absolute atomic E-state index is 4.58. The molecule has 1 saturated heterocycles. The van der Waals surface area contributed by atoms with E-state index in [1.165, 1.54) is 30.8 Å². The van der Waals surface area contributed by atoms with Gasteiger partial charge in [0.2, 0.25) is 0 Å². The van der Waals surface area contributed by atoms with Crippen LogP contribution in [0.5, 0.6) is 0 Å². The fourth-order valence-corrected chi connectivity index (χ4v) is 3.08. The Bertz CT molecular complexity index is 386. The molecule has 2 heterocycles.